The van der Waals surface area contributed by atoms with Gasteiger partial charge in [-0.15, -0.1) is 23.5 Å². The maximum atomic E-state index is 10.4. The lowest BCUT2D eigenvalue weighted by molar-refractivity contribution is -0.0942. The van der Waals surface area contributed by atoms with E-state index in [4.69, 9.17) is 0 Å². The minimum atomic E-state index is 0.0379. The summed E-state index contributed by atoms with van der Waals surface area (Å²) < 4.78 is 0.451. The molecule has 5 unspecified atom stereocenters. The smallest absolute Gasteiger partial charge is 0.0692 e. The van der Waals surface area contributed by atoms with Gasteiger partial charge < -0.3 is 5.11 Å². The first kappa shape index (κ1) is 9.67. The predicted molar refractivity (Wildman–Crippen MR) is 66.1 cm³/mol. The summed E-state index contributed by atoms with van der Waals surface area (Å²) in [6, 6.07) is 0. The van der Waals surface area contributed by atoms with E-state index in [1.54, 1.807) is 0 Å². The van der Waals surface area contributed by atoms with Crippen LogP contribution < -0.4 is 0 Å². The number of hydrogen-bond donors (Lipinski definition) is 1. The van der Waals surface area contributed by atoms with Crippen molar-refractivity contribution >= 4 is 23.5 Å². The molecule has 5 fully saturated rings. The van der Waals surface area contributed by atoms with Crippen LogP contribution in [0, 0.1) is 23.7 Å². The molecule has 5 aliphatic rings. The zero-order valence-corrected chi connectivity index (χ0v) is 10.5. The van der Waals surface area contributed by atoms with Crippen molar-refractivity contribution in [1.29, 1.82) is 0 Å². The molecule has 1 saturated heterocycles. The minimum Gasteiger partial charge on any atom is -0.392 e. The molecule has 0 amide bonds. The highest BCUT2D eigenvalue weighted by Crippen LogP contribution is 2.68. The maximum absolute atomic E-state index is 10.4. The Hall–Kier alpha value is 0.660. The average Bonchev–Trinajstić information content (AvgIpc) is 2.71. The third-order valence-electron chi connectivity index (χ3n) is 5.15. The van der Waals surface area contributed by atoms with E-state index in [1.807, 2.05) is 0 Å². The van der Waals surface area contributed by atoms with Gasteiger partial charge in [0.2, 0.25) is 0 Å². The third-order valence-corrected chi connectivity index (χ3v) is 9.10. The van der Waals surface area contributed by atoms with E-state index in [0.717, 1.165) is 11.8 Å². The van der Waals surface area contributed by atoms with Crippen LogP contribution in [0.1, 0.15) is 25.7 Å². The summed E-state index contributed by atoms with van der Waals surface area (Å²) in [5.74, 6) is 5.83. The van der Waals surface area contributed by atoms with Gasteiger partial charge in [-0.3, -0.25) is 0 Å². The standard InChI is InChI=1S/C12H18OS2/c13-11-8-3-7-4-9(6-8)12(10(11)5-7)14-1-2-15-12/h7-11,13H,1-6H2. The van der Waals surface area contributed by atoms with Crippen LogP contribution in [0.5, 0.6) is 0 Å². The first-order valence-corrected chi connectivity index (χ1v) is 8.22. The molecular formula is C12H18OS2. The molecule has 1 N–H and O–H groups in total. The van der Waals surface area contributed by atoms with Gasteiger partial charge in [0.05, 0.1) is 10.2 Å². The monoisotopic (exact) mass is 242 g/mol. The predicted octanol–water partition coefficient (Wildman–Crippen LogP) is 2.59. The van der Waals surface area contributed by atoms with Crippen LogP contribution in [0.15, 0.2) is 0 Å². The fourth-order valence-electron chi connectivity index (χ4n) is 4.71. The number of aliphatic hydroxyl groups excluding tert-OH is 1. The third kappa shape index (κ3) is 1.13. The molecule has 3 heteroatoms. The Morgan fingerprint density at radius 1 is 1.00 bits per heavy atom. The van der Waals surface area contributed by atoms with E-state index in [-0.39, 0.29) is 6.10 Å². The zero-order chi connectivity index (χ0) is 10.0. The molecule has 4 saturated carbocycles. The highest BCUT2D eigenvalue weighted by atomic mass is 32.2. The largest absolute Gasteiger partial charge is 0.392 e. The first-order valence-electron chi connectivity index (χ1n) is 6.25. The van der Waals surface area contributed by atoms with Crippen molar-refractivity contribution in [2.45, 2.75) is 35.9 Å². The molecule has 0 aromatic carbocycles. The molecule has 1 heterocycles. The van der Waals surface area contributed by atoms with Crippen LogP contribution in [0.25, 0.3) is 0 Å². The number of rotatable bonds is 0. The highest BCUT2D eigenvalue weighted by Gasteiger charge is 2.62. The maximum Gasteiger partial charge on any atom is 0.0692 e. The number of hydrogen-bond acceptors (Lipinski definition) is 3. The van der Waals surface area contributed by atoms with Crippen LogP contribution in [-0.2, 0) is 0 Å². The van der Waals surface area contributed by atoms with Crippen molar-refractivity contribution in [3.05, 3.63) is 0 Å². The van der Waals surface area contributed by atoms with Gasteiger partial charge in [-0.1, -0.05) is 0 Å². The molecule has 1 nitrogen and oxygen atoms in total. The van der Waals surface area contributed by atoms with E-state index >= 15 is 0 Å². The molecule has 0 aromatic rings. The lowest BCUT2D eigenvalue weighted by Gasteiger charge is -2.61. The normalized spacial score (nSPS) is 55.4. The molecule has 5 atom stereocenters. The quantitative estimate of drug-likeness (QED) is 0.705. The van der Waals surface area contributed by atoms with Gasteiger partial charge in [0.15, 0.2) is 0 Å². The molecule has 4 bridgehead atoms. The zero-order valence-electron chi connectivity index (χ0n) is 8.89. The van der Waals surface area contributed by atoms with E-state index in [9.17, 15) is 5.11 Å². The van der Waals surface area contributed by atoms with Crippen molar-refractivity contribution < 1.29 is 5.11 Å². The molecule has 15 heavy (non-hydrogen) atoms. The summed E-state index contributed by atoms with van der Waals surface area (Å²) in [5, 5.41) is 10.4. The molecule has 5 rings (SSSR count). The van der Waals surface area contributed by atoms with E-state index in [2.05, 4.69) is 23.5 Å². The summed E-state index contributed by atoms with van der Waals surface area (Å²) >= 11 is 4.37. The van der Waals surface area contributed by atoms with E-state index in [0.29, 0.717) is 15.9 Å². The minimum absolute atomic E-state index is 0.0379. The SMILES string of the molecule is OC1C2CC3CC(C2)C2(SCCS2)C1C3. The topological polar surface area (TPSA) is 20.2 Å². The summed E-state index contributed by atoms with van der Waals surface area (Å²) in [6.45, 7) is 0. The number of aliphatic hydroxyl groups is 1. The van der Waals surface area contributed by atoms with Gasteiger partial charge in [-0.2, -0.15) is 0 Å². The summed E-state index contributed by atoms with van der Waals surface area (Å²) in [6.07, 6.45) is 5.50. The highest BCUT2D eigenvalue weighted by molar-refractivity contribution is 8.21. The van der Waals surface area contributed by atoms with E-state index < -0.39 is 0 Å². The van der Waals surface area contributed by atoms with Gasteiger partial charge in [0, 0.05) is 17.4 Å². The van der Waals surface area contributed by atoms with Gasteiger partial charge in [0.25, 0.3) is 0 Å². The first-order chi connectivity index (χ1) is 7.29. The van der Waals surface area contributed by atoms with Crippen molar-refractivity contribution in [2.24, 2.45) is 23.7 Å². The van der Waals surface area contributed by atoms with Crippen LogP contribution in [0.2, 0.25) is 0 Å². The average molecular weight is 242 g/mol. The van der Waals surface area contributed by atoms with Crippen LogP contribution >= 0.6 is 23.5 Å². The second-order valence-corrected chi connectivity index (χ2v) is 8.78. The Morgan fingerprint density at radius 3 is 2.60 bits per heavy atom. The lowest BCUT2D eigenvalue weighted by atomic mass is 9.54. The molecule has 1 aliphatic heterocycles. The molecule has 4 aliphatic carbocycles. The van der Waals surface area contributed by atoms with Gasteiger partial charge in [-0.05, 0) is 43.4 Å². The summed E-state index contributed by atoms with van der Waals surface area (Å²) in [7, 11) is 0. The Balaban J connectivity index is 1.76. The molecular weight excluding hydrogens is 224 g/mol. The second kappa shape index (κ2) is 3.11. The molecule has 1 spiro atoms. The molecule has 0 aromatic heterocycles. The second-order valence-electron chi connectivity index (χ2n) is 5.78. The van der Waals surface area contributed by atoms with Gasteiger partial charge >= 0.3 is 0 Å². The fourth-order valence-corrected chi connectivity index (χ4v) is 8.60. The van der Waals surface area contributed by atoms with Crippen molar-refractivity contribution in [3.63, 3.8) is 0 Å². The Kier molecular flexibility index (Phi) is 2.00. The lowest BCUT2D eigenvalue weighted by Crippen LogP contribution is -2.59. The fraction of sp³-hybridized carbons (Fsp3) is 1.00. The molecule has 84 valence electrons. The van der Waals surface area contributed by atoms with Crippen molar-refractivity contribution in [2.75, 3.05) is 11.5 Å². The van der Waals surface area contributed by atoms with E-state index in [1.165, 1.54) is 37.2 Å². The number of thioether (sulfide) groups is 2. The van der Waals surface area contributed by atoms with Crippen LogP contribution in [0.3, 0.4) is 0 Å². The van der Waals surface area contributed by atoms with Gasteiger partial charge in [0.1, 0.15) is 0 Å². The molecule has 0 radical (unpaired) electrons. The van der Waals surface area contributed by atoms with Crippen LogP contribution in [0.4, 0.5) is 0 Å². The Morgan fingerprint density at radius 2 is 1.80 bits per heavy atom. The van der Waals surface area contributed by atoms with Crippen LogP contribution in [-0.4, -0.2) is 26.8 Å². The van der Waals surface area contributed by atoms with Crippen molar-refractivity contribution in [3.8, 4) is 0 Å². The van der Waals surface area contributed by atoms with Gasteiger partial charge in [-0.25, -0.2) is 0 Å². The Bertz CT molecular complexity index is 287. The summed E-state index contributed by atoms with van der Waals surface area (Å²) in [4.78, 5) is 0. The Labute approximate surface area is 99.8 Å². The van der Waals surface area contributed by atoms with Crippen molar-refractivity contribution in [1.82, 2.24) is 0 Å². The summed E-state index contributed by atoms with van der Waals surface area (Å²) in [5.41, 5.74) is 0.